The Hall–Kier alpha value is -2.31. The van der Waals surface area contributed by atoms with Gasteiger partial charge in [-0.05, 0) is 33.4 Å². The van der Waals surface area contributed by atoms with Crippen molar-refractivity contribution in [2.24, 2.45) is 0 Å². The van der Waals surface area contributed by atoms with Crippen LogP contribution in [0.1, 0.15) is 0 Å². The first kappa shape index (κ1) is 12.4. The van der Waals surface area contributed by atoms with E-state index in [-0.39, 0.29) is 0 Å². The molecule has 0 saturated carbocycles. The van der Waals surface area contributed by atoms with E-state index >= 15 is 0 Å². The quantitative estimate of drug-likeness (QED) is 0.385. The molecule has 0 radical (unpaired) electrons. The van der Waals surface area contributed by atoms with Crippen molar-refractivity contribution in [3.8, 4) is 11.1 Å². The third-order valence-corrected chi connectivity index (χ3v) is 4.28. The minimum Gasteiger partial charge on any atom is -0.0837 e. The van der Waals surface area contributed by atoms with E-state index in [1.165, 1.54) is 27.3 Å². The van der Waals surface area contributed by atoms with E-state index < -0.39 is 0 Å². The van der Waals surface area contributed by atoms with Crippen LogP contribution in [0.3, 0.4) is 0 Å². The van der Waals surface area contributed by atoms with Gasteiger partial charge >= 0.3 is 0 Å². The average molecular weight is 289 g/mol. The van der Waals surface area contributed by atoms with E-state index in [9.17, 15) is 0 Å². The van der Waals surface area contributed by atoms with Gasteiger partial charge in [-0.2, -0.15) is 0 Å². The molecule has 0 heterocycles. The van der Waals surface area contributed by atoms with Gasteiger partial charge in [-0.3, -0.25) is 0 Å². The number of hydrogen-bond acceptors (Lipinski definition) is 0. The molecule has 0 atom stereocenters. The lowest BCUT2D eigenvalue weighted by atomic mass is 9.94. The summed E-state index contributed by atoms with van der Waals surface area (Å²) in [6.07, 6.45) is 0. The van der Waals surface area contributed by atoms with E-state index in [0.717, 1.165) is 10.4 Å². The Bertz CT molecular complexity index is 949. The lowest BCUT2D eigenvalue weighted by Gasteiger charge is -2.11. The van der Waals surface area contributed by atoms with Crippen LogP contribution in [0, 0.1) is 0 Å². The molecule has 0 saturated heterocycles. The molecule has 0 aliphatic rings. The highest BCUT2D eigenvalue weighted by Crippen LogP contribution is 2.35. The lowest BCUT2D eigenvalue weighted by molar-refractivity contribution is 1.68. The van der Waals surface area contributed by atoms with Crippen molar-refractivity contribution >= 4 is 33.1 Å². The first-order valence-electron chi connectivity index (χ1n) is 7.00. The van der Waals surface area contributed by atoms with Gasteiger partial charge in [0.25, 0.3) is 0 Å². The zero-order valence-corrected chi connectivity index (χ0v) is 12.1. The van der Waals surface area contributed by atoms with Gasteiger partial charge in [0.05, 0.1) is 0 Å². The fourth-order valence-electron chi connectivity index (χ4n) is 2.97. The predicted octanol–water partition coefficient (Wildman–Crippen LogP) is 6.31. The second kappa shape index (κ2) is 4.91. The van der Waals surface area contributed by atoms with Crippen LogP contribution in [0.15, 0.2) is 78.9 Å². The van der Waals surface area contributed by atoms with Crippen molar-refractivity contribution in [2.75, 3.05) is 0 Å². The SMILES string of the molecule is Clc1cccc2c(-c3cccc4ccccc34)cccc12. The van der Waals surface area contributed by atoms with Crippen molar-refractivity contribution < 1.29 is 0 Å². The van der Waals surface area contributed by atoms with Crippen LogP contribution in [-0.2, 0) is 0 Å². The highest BCUT2D eigenvalue weighted by Gasteiger charge is 2.08. The number of benzene rings is 4. The smallest absolute Gasteiger partial charge is 0.0484 e. The predicted molar refractivity (Wildman–Crippen MR) is 91.9 cm³/mol. The van der Waals surface area contributed by atoms with Gasteiger partial charge in [0, 0.05) is 10.4 Å². The van der Waals surface area contributed by atoms with Crippen LogP contribution < -0.4 is 0 Å². The standard InChI is InChI=1S/C20H13Cl/c21-20-13-5-11-18-17(10-4-12-19(18)20)16-9-3-7-14-6-1-2-8-15(14)16/h1-13H. The van der Waals surface area contributed by atoms with Crippen LogP contribution in [0.25, 0.3) is 32.7 Å². The maximum absolute atomic E-state index is 6.33. The van der Waals surface area contributed by atoms with Crippen LogP contribution in [-0.4, -0.2) is 0 Å². The zero-order valence-electron chi connectivity index (χ0n) is 11.4. The zero-order chi connectivity index (χ0) is 14.2. The van der Waals surface area contributed by atoms with Crippen molar-refractivity contribution in [3.63, 3.8) is 0 Å². The van der Waals surface area contributed by atoms with E-state index in [4.69, 9.17) is 11.6 Å². The highest BCUT2D eigenvalue weighted by molar-refractivity contribution is 6.36. The normalized spacial score (nSPS) is 11.1. The number of rotatable bonds is 1. The Morgan fingerprint density at radius 2 is 1.05 bits per heavy atom. The fraction of sp³-hybridized carbons (Fsp3) is 0. The molecule has 21 heavy (non-hydrogen) atoms. The molecule has 4 rings (SSSR count). The molecular weight excluding hydrogens is 276 g/mol. The summed E-state index contributed by atoms with van der Waals surface area (Å²) in [5, 5.41) is 5.63. The number of fused-ring (bicyclic) bond motifs is 2. The number of hydrogen-bond donors (Lipinski definition) is 0. The lowest BCUT2D eigenvalue weighted by Crippen LogP contribution is -1.84. The minimum atomic E-state index is 0.801. The van der Waals surface area contributed by atoms with Crippen LogP contribution in [0.4, 0.5) is 0 Å². The molecular formula is C20H13Cl. The molecule has 4 aromatic carbocycles. The van der Waals surface area contributed by atoms with Crippen molar-refractivity contribution in [1.82, 2.24) is 0 Å². The third-order valence-electron chi connectivity index (χ3n) is 3.95. The van der Waals surface area contributed by atoms with E-state index in [2.05, 4.69) is 66.7 Å². The molecule has 0 unspecified atom stereocenters. The summed E-state index contributed by atoms with van der Waals surface area (Å²) >= 11 is 6.33. The summed E-state index contributed by atoms with van der Waals surface area (Å²) in [5.41, 5.74) is 2.48. The maximum atomic E-state index is 6.33. The van der Waals surface area contributed by atoms with Gasteiger partial charge in [0.15, 0.2) is 0 Å². The minimum absolute atomic E-state index is 0.801. The Balaban J connectivity index is 2.12. The molecule has 100 valence electrons. The maximum Gasteiger partial charge on any atom is 0.0484 e. The Morgan fingerprint density at radius 1 is 0.476 bits per heavy atom. The summed E-state index contributed by atoms with van der Waals surface area (Å²) in [7, 11) is 0. The molecule has 0 aromatic heterocycles. The second-order valence-electron chi connectivity index (χ2n) is 5.17. The molecule has 0 spiro atoms. The molecule has 1 heteroatoms. The van der Waals surface area contributed by atoms with Gasteiger partial charge in [-0.15, -0.1) is 0 Å². The second-order valence-corrected chi connectivity index (χ2v) is 5.57. The summed E-state index contributed by atoms with van der Waals surface area (Å²) in [4.78, 5) is 0. The Morgan fingerprint density at radius 3 is 1.95 bits per heavy atom. The van der Waals surface area contributed by atoms with Gasteiger partial charge in [0.1, 0.15) is 0 Å². The highest BCUT2D eigenvalue weighted by atomic mass is 35.5. The van der Waals surface area contributed by atoms with Crippen molar-refractivity contribution in [3.05, 3.63) is 83.9 Å². The Kier molecular flexibility index (Phi) is 2.90. The molecule has 0 aliphatic carbocycles. The molecule has 0 nitrogen and oxygen atoms in total. The molecule has 0 amide bonds. The van der Waals surface area contributed by atoms with Crippen molar-refractivity contribution in [1.29, 1.82) is 0 Å². The number of halogens is 1. The van der Waals surface area contributed by atoms with Gasteiger partial charge < -0.3 is 0 Å². The Labute approximate surface area is 128 Å². The summed E-state index contributed by atoms with van der Waals surface area (Å²) < 4.78 is 0. The molecule has 0 bridgehead atoms. The summed E-state index contributed by atoms with van der Waals surface area (Å²) in [6, 6.07) is 27.3. The summed E-state index contributed by atoms with van der Waals surface area (Å²) in [5.74, 6) is 0. The topological polar surface area (TPSA) is 0 Å². The molecule has 0 fully saturated rings. The molecule has 0 N–H and O–H groups in total. The van der Waals surface area contributed by atoms with Crippen LogP contribution in [0.2, 0.25) is 5.02 Å². The van der Waals surface area contributed by atoms with E-state index in [1.807, 2.05) is 12.1 Å². The van der Waals surface area contributed by atoms with E-state index in [0.29, 0.717) is 0 Å². The largest absolute Gasteiger partial charge is 0.0837 e. The first-order valence-corrected chi connectivity index (χ1v) is 7.38. The monoisotopic (exact) mass is 288 g/mol. The van der Waals surface area contributed by atoms with Crippen molar-refractivity contribution in [2.45, 2.75) is 0 Å². The summed E-state index contributed by atoms with van der Waals surface area (Å²) in [6.45, 7) is 0. The third kappa shape index (κ3) is 2.00. The molecule has 4 aromatic rings. The van der Waals surface area contributed by atoms with Crippen LogP contribution in [0.5, 0.6) is 0 Å². The first-order chi connectivity index (χ1) is 10.3. The average Bonchev–Trinajstić information content (AvgIpc) is 2.54. The van der Waals surface area contributed by atoms with Crippen LogP contribution >= 0.6 is 11.6 Å². The van der Waals surface area contributed by atoms with E-state index in [1.54, 1.807) is 0 Å². The fourth-order valence-corrected chi connectivity index (χ4v) is 3.20. The molecule has 0 aliphatic heterocycles. The van der Waals surface area contributed by atoms with Gasteiger partial charge in [0.2, 0.25) is 0 Å². The van der Waals surface area contributed by atoms with Gasteiger partial charge in [-0.25, -0.2) is 0 Å². The van der Waals surface area contributed by atoms with Gasteiger partial charge in [-0.1, -0.05) is 84.4 Å².